The largest absolute Gasteiger partial charge is 0.397 e. The monoisotopic (exact) mass is 253 g/mol. The van der Waals surface area contributed by atoms with E-state index in [1.165, 1.54) is 11.3 Å². The second-order valence-corrected chi connectivity index (χ2v) is 5.22. The molecule has 1 aromatic heterocycles. The van der Waals surface area contributed by atoms with Crippen LogP contribution in [0.25, 0.3) is 0 Å². The van der Waals surface area contributed by atoms with Crippen molar-refractivity contribution in [2.45, 2.75) is 13.8 Å². The molecule has 0 aliphatic heterocycles. The van der Waals surface area contributed by atoms with Crippen LogP contribution in [0.15, 0.2) is 18.7 Å². The molecular formula is C12H19N3OS. The highest BCUT2D eigenvalue weighted by atomic mass is 32.1. The predicted molar refractivity (Wildman–Crippen MR) is 74.6 cm³/mol. The zero-order chi connectivity index (χ0) is 12.8. The molecule has 17 heavy (non-hydrogen) atoms. The molecule has 4 nitrogen and oxygen atoms in total. The van der Waals surface area contributed by atoms with E-state index < -0.39 is 0 Å². The summed E-state index contributed by atoms with van der Waals surface area (Å²) in [7, 11) is 0. The Morgan fingerprint density at radius 3 is 2.94 bits per heavy atom. The summed E-state index contributed by atoms with van der Waals surface area (Å²) in [5, 5.41) is 6.90. The first-order chi connectivity index (χ1) is 8.04. The van der Waals surface area contributed by atoms with Gasteiger partial charge in [0.15, 0.2) is 0 Å². The van der Waals surface area contributed by atoms with Gasteiger partial charge in [0.1, 0.15) is 4.88 Å². The van der Waals surface area contributed by atoms with E-state index >= 15 is 0 Å². The highest BCUT2D eigenvalue weighted by Gasteiger charge is 2.13. The molecule has 0 saturated carbocycles. The molecule has 94 valence electrons. The molecule has 0 aromatic carbocycles. The molecule has 1 heterocycles. The molecule has 0 fully saturated rings. The molecule has 0 spiro atoms. The fourth-order valence-electron chi connectivity index (χ4n) is 1.22. The number of amides is 1. The Bertz CT molecular complexity index is 398. The van der Waals surface area contributed by atoms with E-state index in [4.69, 9.17) is 5.73 Å². The fraction of sp³-hybridized carbons (Fsp3) is 0.417. The van der Waals surface area contributed by atoms with Crippen LogP contribution in [0.4, 0.5) is 10.7 Å². The van der Waals surface area contributed by atoms with Crippen LogP contribution in [0.1, 0.15) is 23.5 Å². The average Bonchev–Trinajstić information content (AvgIpc) is 2.65. The lowest BCUT2D eigenvalue weighted by molar-refractivity contribution is 0.0963. The van der Waals surface area contributed by atoms with Crippen LogP contribution in [-0.2, 0) is 0 Å². The van der Waals surface area contributed by atoms with Gasteiger partial charge in [0.05, 0.1) is 10.7 Å². The minimum Gasteiger partial charge on any atom is -0.397 e. The maximum Gasteiger partial charge on any atom is 0.263 e. The van der Waals surface area contributed by atoms with Crippen LogP contribution in [0.2, 0.25) is 0 Å². The minimum absolute atomic E-state index is 0.148. The lowest BCUT2D eigenvalue weighted by Gasteiger charge is -2.05. The van der Waals surface area contributed by atoms with Gasteiger partial charge in [-0.1, -0.05) is 19.9 Å². The molecule has 0 unspecified atom stereocenters. The van der Waals surface area contributed by atoms with Gasteiger partial charge in [0.25, 0.3) is 5.91 Å². The number of carbonyl (C=O) groups is 1. The second-order valence-electron chi connectivity index (χ2n) is 4.17. The number of rotatable bonds is 6. The van der Waals surface area contributed by atoms with Crippen molar-refractivity contribution < 1.29 is 4.79 Å². The maximum absolute atomic E-state index is 11.7. The summed E-state index contributed by atoms with van der Waals surface area (Å²) in [4.78, 5) is 12.3. The lowest BCUT2D eigenvalue weighted by Crippen LogP contribution is -2.22. The normalized spacial score (nSPS) is 10.3. The average molecular weight is 253 g/mol. The number of nitrogens with two attached hydrogens (primary N) is 1. The highest BCUT2D eigenvalue weighted by Crippen LogP contribution is 2.29. The van der Waals surface area contributed by atoms with Gasteiger partial charge >= 0.3 is 0 Å². The SMILES string of the molecule is C=CCNC(=O)c1sc(NCC(C)C)cc1N. The molecule has 5 heteroatoms. The molecule has 1 amide bonds. The van der Waals surface area contributed by atoms with E-state index in [1.807, 2.05) is 0 Å². The van der Waals surface area contributed by atoms with Crippen molar-refractivity contribution in [2.75, 3.05) is 24.1 Å². The number of hydrogen-bond donors (Lipinski definition) is 3. The van der Waals surface area contributed by atoms with Crippen LogP contribution in [0.3, 0.4) is 0 Å². The van der Waals surface area contributed by atoms with Gasteiger partial charge in [0.2, 0.25) is 0 Å². The molecular weight excluding hydrogens is 234 g/mol. The van der Waals surface area contributed by atoms with Gasteiger partial charge in [0, 0.05) is 13.1 Å². The number of anilines is 2. The van der Waals surface area contributed by atoms with Gasteiger partial charge < -0.3 is 16.4 Å². The summed E-state index contributed by atoms with van der Waals surface area (Å²) in [6.45, 7) is 9.12. The summed E-state index contributed by atoms with van der Waals surface area (Å²) in [6.07, 6.45) is 1.64. The number of hydrogen-bond acceptors (Lipinski definition) is 4. The number of nitrogen functional groups attached to an aromatic ring is 1. The van der Waals surface area contributed by atoms with Crippen LogP contribution < -0.4 is 16.4 Å². The van der Waals surface area contributed by atoms with Crippen molar-refractivity contribution in [3.63, 3.8) is 0 Å². The van der Waals surface area contributed by atoms with E-state index in [1.54, 1.807) is 12.1 Å². The summed E-state index contributed by atoms with van der Waals surface area (Å²) in [5.74, 6) is 0.404. The van der Waals surface area contributed by atoms with Crippen LogP contribution in [0.5, 0.6) is 0 Å². The van der Waals surface area contributed by atoms with E-state index in [0.717, 1.165) is 11.5 Å². The van der Waals surface area contributed by atoms with E-state index in [9.17, 15) is 4.79 Å². The topological polar surface area (TPSA) is 67.2 Å². The summed E-state index contributed by atoms with van der Waals surface area (Å²) in [5.41, 5.74) is 6.32. The van der Waals surface area contributed by atoms with Gasteiger partial charge in [-0.25, -0.2) is 0 Å². The zero-order valence-electron chi connectivity index (χ0n) is 10.2. The molecule has 4 N–H and O–H groups in total. The Hall–Kier alpha value is -1.49. The Kier molecular flexibility index (Phi) is 5.03. The van der Waals surface area contributed by atoms with Crippen molar-refractivity contribution in [1.82, 2.24) is 5.32 Å². The van der Waals surface area contributed by atoms with Crippen molar-refractivity contribution >= 4 is 27.9 Å². The smallest absolute Gasteiger partial charge is 0.263 e. The summed E-state index contributed by atoms with van der Waals surface area (Å²) in [6, 6.07) is 1.80. The van der Waals surface area contributed by atoms with Crippen LogP contribution in [-0.4, -0.2) is 19.0 Å². The van der Waals surface area contributed by atoms with Gasteiger partial charge in [-0.15, -0.1) is 17.9 Å². The molecule has 0 bridgehead atoms. The lowest BCUT2D eigenvalue weighted by atomic mass is 10.2. The van der Waals surface area contributed by atoms with Crippen molar-refractivity contribution in [3.05, 3.63) is 23.6 Å². The van der Waals surface area contributed by atoms with Gasteiger partial charge in [-0.2, -0.15) is 0 Å². The molecule has 0 radical (unpaired) electrons. The second kappa shape index (κ2) is 6.30. The number of carbonyl (C=O) groups excluding carboxylic acids is 1. The van der Waals surface area contributed by atoms with E-state index in [0.29, 0.717) is 23.0 Å². The molecule has 0 aliphatic carbocycles. The minimum atomic E-state index is -0.148. The molecule has 0 saturated heterocycles. The van der Waals surface area contributed by atoms with E-state index in [-0.39, 0.29) is 5.91 Å². The molecule has 1 aromatic rings. The van der Waals surface area contributed by atoms with Gasteiger partial charge in [-0.3, -0.25) is 4.79 Å². The third kappa shape index (κ3) is 4.11. The summed E-state index contributed by atoms with van der Waals surface area (Å²) >= 11 is 1.38. The van der Waals surface area contributed by atoms with Crippen molar-refractivity contribution in [3.8, 4) is 0 Å². The fourth-order valence-corrected chi connectivity index (χ4v) is 2.12. The number of nitrogens with one attached hydrogen (secondary N) is 2. The van der Waals surface area contributed by atoms with Crippen LogP contribution >= 0.6 is 11.3 Å². The first-order valence-electron chi connectivity index (χ1n) is 5.56. The first-order valence-corrected chi connectivity index (χ1v) is 6.38. The van der Waals surface area contributed by atoms with Gasteiger partial charge in [-0.05, 0) is 12.0 Å². The quantitative estimate of drug-likeness (QED) is 0.682. The Morgan fingerprint density at radius 1 is 1.65 bits per heavy atom. The van der Waals surface area contributed by atoms with E-state index in [2.05, 4.69) is 31.1 Å². The van der Waals surface area contributed by atoms with Crippen molar-refractivity contribution in [2.24, 2.45) is 5.92 Å². The molecule has 0 aliphatic rings. The Labute approximate surface area is 106 Å². The zero-order valence-corrected chi connectivity index (χ0v) is 11.1. The molecule has 0 atom stereocenters. The summed E-state index contributed by atoms with van der Waals surface area (Å²) < 4.78 is 0. The third-order valence-corrected chi connectivity index (χ3v) is 3.17. The van der Waals surface area contributed by atoms with Crippen LogP contribution in [0, 0.1) is 5.92 Å². The first kappa shape index (κ1) is 13.6. The Morgan fingerprint density at radius 2 is 2.35 bits per heavy atom. The van der Waals surface area contributed by atoms with Crippen molar-refractivity contribution in [1.29, 1.82) is 0 Å². The number of thiophene rings is 1. The standard InChI is InChI=1S/C12H19N3OS/c1-4-5-14-12(16)11-9(13)6-10(17-11)15-7-8(2)3/h4,6,8,15H,1,5,7,13H2,2-3H3,(H,14,16). The molecule has 1 rings (SSSR count). The third-order valence-electron chi connectivity index (χ3n) is 2.06. The Balaban J connectivity index is 2.67. The maximum atomic E-state index is 11.7. The predicted octanol–water partition coefficient (Wildman–Crippen LogP) is 2.31. The highest BCUT2D eigenvalue weighted by molar-refractivity contribution is 7.18.